The molecule has 1 N–H and O–H groups in total. The largest absolute Gasteiger partial charge is 0.480 e. The molecule has 7 heteroatoms. The smallest absolute Gasteiger partial charge is 0.355 e. The van der Waals surface area contributed by atoms with Crippen LogP contribution in [0.5, 0.6) is 5.88 Å². The fourth-order valence-electron chi connectivity index (χ4n) is 2.77. The van der Waals surface area contributed by atoms with E-state index in [0.717, 1.165) is 16.5 Å². The van der Waals surface area contributed by atoms with Gasteiger partial charge in [0, 0.05) is 24.0 Å². The van der Waals surface area contributed by atoms with Crippen molar-refractivity contribution in [3.05, 3.63) is 30.2 Å². The Labute approximate surface area is 146 Å². The second kappa shape index (κ2) is 6.58. The third-order valence-corrected chi connectivity index (χ3v) is 3.86. The number of aromatic nitrogens is 4. The van der Waals surface area contributed by atoms with E-state index in [-0.39, 0.29) is 18.1 Å². The minimum atomic E-state index is -0.347. The standard InChI is InChI=1S/C18H22N4O3/c1-10(2)22-9-12(8-14(22)18(23)25-11(3)4)16-15-13(20-21-16)6-7-19-17(15)24-5/h6-11H,1-5H3,(H,20,21). The molecule has 0 aliphatic heterocycles. The van der Waals surface area contributed by atoms with Crippen LogP contribution in [0.4, 0.5) is 0 Å². The van der Waals surface area contributed by atoms with Gasteiger partial charge in [0.2, 0.25) is 5.88 Å². The first-order chi connectivity index (χ1) is 11.9. The Kier molecular flexibility index (Phi) is 4.48. The zero-order chi connectivity index (χ0) is 18.1. The Bertz CT molecular complexity index is 908. The molecule has 0 aliphatic carbocycles. The van der Waals surface area contributed by atoms with Gasteiger partial charge in [0.05, 0.1) is 24.1 Å². The van der Waals surface area contributed by atoms with Crippen molar-refractivity contribution in [2.24, 2.45) is 0 Å². The molecule has 0 aromatic carbocycles. The zero-order valence-electron chi connectivity index (χ0n) is 15.0. The summed E-state index contributed by atoms with van der Waals surface area (Å²) in [5, 5.41) is 8.17. The highest BCUT2D eigenvalue weighted by Crippen LogP contribution is 2.33. The Morgan fingerprint density at radius 1 is 1.28 bits per heavy atom. The SMILES string of the molecule is COc1nccc2[nH]nc(-c3cc(C(=O)OC(C)C)n(C(C)C)c3)c12. The highest BCUT2D eigenvalue weighted by molar-refractivity contribution is 5.98. The molecule has 0 amide bonds. The molecule has 0 atom stereocenters. The summed E-state index contributed by atoms with van der Waals surface area (Å²) in [4.78, 5) is 16.7. The topological polar surface area (TPSA) is 82.0 Å². The lowest BCUT2D eigenvalue weighted by atomic mass is 10.1. The molecule has 0 unspecified atom stereocenters. The molecule has 7 nitrogen and oxygen atoms in total. The molecular weight excluding hydrogens is 320 g/mol. The lowest BCUT2D eigenvalue weighted by Gasteiger charge is -2.13. The van der Waals surface area contributed by atoms with Crippen molar-refractivity contribution in [3.63, 3.8) is 0 Å². The molecule has 0 saturated carbocycles. The summed E-state index contributed by atoms with van der Waals surface area (Å²) in [6.45, 7) is 7.69. The molecule has 3 aromatic heterocycles. The Morgan fingerprint density at radius 3 is 2.68 bits per heavy atom. The van der Waals surface area contributed by atoms with Gasteiger partial charge >= 0.3 is 5.97 Å². The van der Waals surface area contributed by atoms with Gasteiger partial charge in [-0.1, -0.05) is 0 Å². The monoisotopic (exact) mass is 342 g/mol. The van der Waals surface area contributed by atoms with Crippen molar-refractivity contribution in [1.29, 1.82) is 0 Å². The van der Waals surface area contributed by atoms with Crippen LogP contribution in [0.2, 0.25) is 0 Å². The van der Waals surface area contributed by atoms with Gasteiger partial charge in [-0.25, -0.2) is 9.78 Å². The summed E-state index contributed by atoms with van der Waals surface area (Å²) in [6, 6.07) is 3.74. The number of fused-ring (bicyclic) bond motifs is 1. The normalized spacial score (nSPS) is 11.5. The summed E-state index contributed by atoms with van der Waals surface area (Å²) >= 11 is 0. The number of carbonyl (C=O) groups excluding carboxylic acids is 1. The number of rotatable bonds is 5. The van der Waals surface area contributed by atoms with Gasteiger partial charge in [-0.05, 0) is 39.8 Å². The van der Waals surface area contributed by atoms with Crippen LogP contribution in [0.1, 0.15) is 44.2 Å². The maximum atomic E-state index is 12.4. The van der Waals surface area contributed by atoms with Crippen molar-refractivity contribution in [2.75, 3.05) is 7.11 Å². The number of aromatic amines is 1. The highest BCUT2D eigenvalue weighted by atomic mass is 16.5. The average Bonchev–Trinajstić information content (AvgIpc) is 3.17. The van der Waals surface area contributed by atoms with E-state index in [2.05, 4.69) is 15.2 Å². The fourth-order valence-corrected chi connectivity index (χ4v) is 2.77. The van der Waals surface area contributed by atoms with Crippen molar-refractivity contribution in [1.82, 2.24) is 19.7 Å². The predicted molar refractivity (Wildman–Crippen MR) is 94.8 cm³/mol. The number of esters is 1. The first kappa shape index (κ1) is 17.0. The minimum absolute atomic E-state index is 0.105. The number of carbonyl (C=O) groups is 1. The van der Waals surface area contributed by atoms with E-state index in [1.54, 1.807) is 19.4 Å². The van der Waals surface area contributed by atoms with Crippen LogP contribution in [0.15, 0.2) is 24.5 Å². The van der Waals surface area contributed by atoms with Gasteiger partial charge in [-0.15, -0.1) is 0 Å². The molecule has 132 valence electrons. The van der Waals surface area contributed by atoms with E-state index in [1.807, 2.05) is 44.5 Å². The lowest BCUT2D eigenvalue weighted by molar-refractivity contribution is 0.0363. The molecule has 0 aliphatic rings. The number of nitrogens with zero attached hydrogens (tertiary/aromatic N) is 3. The number of pyridine rings is 1. The van der Waals surface area contributed by atoms with Crippen molar-refractivity contribution < 1.29 is 14.3 Å². The number of hydrogen-bond acceptors (Lipinski definition) is 5. The van der Waals surface area contributed by atoms with Crippen LogP contribution >= 0.6 is 0 Å². The molecule has 0 radical (unpaired) electrons. The van der Waals surface area contributed by atoms with Crippen LogP contribution < -0.4 is 4.74 Å². The first-order valence-electron chi connectivity index (χ1n) is 8.22. The Morgan fingerprint density at radius 2 is 2.04 bits per heavy atom. The van der Waals surface area contributed by atoms with E-state index in [4.69, 9.17) is 9.47 Å². The second-order valence-electron chi connectivity index (χ2n) is 6.38. The summed E-state index contributed by atoms with van der Waals surface area (Å²) in [7, 11) is 1.57. The minimum Gasteiger partial charge on any atom is -0.480 e. The van der Waals surface area contributed by atoms with Gasteiger partial charge in [0.25, 0.3) is 0 Å². The molecule has 0 saturated heterocycles. The van der Waals surface area contributed by atoms with E-state index in [1.165, 1.54) is 0 Å². The maximum Gasteiger partial charge on any atom is 0.355 e. The Hall–Kier alpha value is -2.83. The molecule has 0 bridgehead atoms. The number of nitrogens with one attached hydrogen (secondary N) is 1. The Balaban J connectivity index is 2.14. The third-order valence-electron chi connectivity index (χ3n) is 3.86. The van der Waals surface area contributed by atoms with Gasteiger partial charge in [0.1, 0.15) is 11.4 Å². The third kappa shape index (κ3) is 3.09. The van der Waals surface area contributed by atoms with Crippen molar-refractivity contribution >= 4 is 16.9 Å². The van der Waals surface area contributed by atoms with Crippen LogP contribution in [-0.2, 0) is 4.74 Å². The summed E-state index contributed by atoms with van der Waals surface area (Å²) in [5.41, 5.74) is 2.82. The molecular formula is C18H22N4O3. The summed E-state index contributed by atoms with van der Waals surface area (Å²) in [6.07, 6.45) is 3.39. The van der Waals surface area contributed by atoms with Crippen LogP contribution in [0.25, 0.3) is 22.2 Å². The van der Waals surface area contributed by atoms with Crippen molar-refractivity contribution in [2.45, 2.75) is 39.8 Å². The van der Waals surface area contributed by atoms with Crippen LogP contribution in [0, 0.1) is 0 Å². The predicted octanol–water partition coefficient (Wildman–Crippen LogP) is 3.58. The number of ether oxygens (including phenoxy) is 2. The van der Waals surface area contributed by atoms with E-state index < -0.39 is 0 Å². The molecule has 0 spiro atoms. The quantitative estimate of drug-likeness (QED) is 0.717. The average molecular weight is 342 g/mol. The van der Waals surface area contributed by atoms with Crippen LogP contribution in [-0.4, -0.2) is 38.9 Å². The lowest BCUT2D eigenvalue weighted by Crippen LogP contribution is -2.16. The number of H-pyrrole nitrogens is 1. The van der Waals surface area contributed by atoms with Crippen molar-refractivity contribution in [3.8, 4) is 17.1 Å². The van der Waals surface area contributed by atoms with Crippen LogP contribution in [0.3, 0.4) is 0 Å². The van der Waals surface area contributed by atoms with Gasteiger partial charge in [-0.3, -0.25) is 5.10 Å². The maximum absolute atomic E-state index is 12.4. The van der Waals surface area contributed by atoms with Gasteiger partial charge in [-0.2, -0.15) is 5.10 Å². The van der Waals surface area contributed by atoms with Gasteiger partial charge < -0.3 is 14.0 Å². The molecule has 3 rings (SSSR count). The second-order valence-corrected chi connectivity index (χ2v) is 6.38. The summed E-state index contributed by atoms with van der Waals surface area (Å²) < 4.78 is 12.6. The zero-order valence-corrected chi connectivity index (χ0v) is 15.0. The number of methoxy groups -OCH3 is 1. The van der Waals surface area contributed by atoms with E-state index in [0.29, 0.717) is 17.3 Å². The molecule has 25 heavy (non-hydrogen) atoms. The number of hydrogen-bond donors (Lipinski definition) is 1. The highest BCUT2D eigenvalue weighted by Gasteiger charge is 2.22. The van der Waals surface area contributed by atoms with Gasteiger partial charge in [0.15, 0.2) is 0 Å². The van der Waals surface area contributed by atoms with E-state index in [9.17, 15) is 4.79 Å². The molecule has 3 aromatic rings. The summed E-state index contributed by atoms with van der Waals surface area (Å²) in [5.74, 6) is 0.143. The molecule has 3 heterocycles. The fraction of sp³-hybridized carbons (Fsp3) is 0.389. The first-order valence-corrected chi connectivity index (χ1v) is 8.22. The molecule has 0 fully saturated rings. The van der Waals surface area contributed by atoms with E-state index >= 15 is 0 Å².